The van der Waals surface area contributed by atoms with Crippen molar-refractivity contribution >= 4 is 44.7 Å². The Kier molecular flexibility index (Phi) is 12.6. The zero-order valence-electron chi connectivity index (χ0n) is 38.6. The minimum Gasteiger partial charge on any atom is -0.492 e. The normalized spacial score (nSPS) is 29.5. The van der Waals surface area contributed by atoms with Crippen LogP contribution in [0.5, 0.6) is 11.6 Å². The van der Waals surface area contributed by atoms with Crippen molar-refractivity contribution in [2.75, 3.05) is 33.8 Å². The van der Waals surface area contributed by atoms with Gasteiger partial charge in [0.15, 0.2) is 0 Å². The van der Waals surface area contributed by atoms with Crippen molar-refractivity contribution in [2.24, 2.45) is 17.8 Å². The molecule has 1 saturated heterocycles. The van der Waals surface area contributed by atoms with Gasteiger partial charge in [-0.25, -0.2) is 18.2 Å². The monoisotopic (exact) mass is 924 g/mol. The SMILES string of the molecule is C=C[C@@H]1C[C@]1(NC(=O)[C@@H]1C[C@@H]2CN1C(=O)[C@H](C1Cc3ccccc3C1)NC(=O)O[C@@H]1C[C@H]1CCCC[C@H](C)c1c(nc3ccccc3c1OCCCN(C)C)O2)C(=O)NS(=O)(=O)C1(C)CC1. The number of fused-ring (bicyclic) bond motifs is 6. The van der Waals surface area contributed by atoms with E-state index in [1.54, 1.807) is 6.92 Å². The molecule has 16 heteroatoms. The molecule has 0 unspecified atom stereocenters. The molecule has 1 aromatic heterocycles. The lowest BCUT2D eigenvalue weighted by atomic mass is 9.93. The summed E-state index contributed by atoms with van der Waals surface area (Å²) in [6.45, 7) is 8.90. The van der Waals surface area contributed by atoms with Crippen LogP contribution in [0.15, 0.2) is 61.2 Å². The van der Waals surface area contributed by atoms with Gasteiger partial charge in [-0.2, -0.15) is 0 Å². The van der Waals surface area contributed by atoms with Crippen LogP contribution < -0.4 is 24.8 Å². The minimum absolute atomic E-state index is 0.0254. The number of benzene rings is 2. The highest BCUT2D eigenvalue weighted by molar-refractivity contribution is 7.91. The van der Waals surface area contributed by atoms with Crippen LogP contribution >= 0.6 is 0 Å². The molecule has 6 aliphatic rings. The summed E-state index contributed by atoms with van der Waals surface area (Å²) in [5, 5.41) is 6.75. The van der Waals surface area contributed by atoms with Crippen molar-refractivity contribution in [1.29, 1.82) is 0 Å². The van der Waals surface area contributed by atoms with Gasteiger partial charge in [-0.15, -0.1) is 6.58 Å². The zero-order chi connectivity index (χ0) is 46.5. The van der Waals surface area contributed by atoms with Crippen LogP contribution in [-0.4, -0.2) is 115 Å². The molecule has 15 nitrogen and oxygen atoms in total. The van der Waals surface area contributed by atoms with Crippen molar-refractivity contribution in [3.63, 3.8) is 0 Å². The molecule has 9 rings (SSSR count). The summed E-state index contributed by atoms with van der Waals surface area (Å²) in [7, 11) is 0.0320. The highest BCUT2D eigenvalue weighted by atomic mass is 32.2. The standard InChI is InChI=1S/C50H64N6O9S/c1-6-35-28-50(35,47(59)54-66(61,62)49(3)20-21-49)53-44(57)39-27-36-29-56(39)46(58)42(34-24-31-15-9-10-16-32(31)25-34)52-48(60)65-40-26-33(40)17-8-7-14-30(2)41-43(63-23-13-22-55(4)5)37-18-11-12-19-38(37)51-45(41)64-36/h6,9-12,15-16,18-19,30,33-36,39-40,42H,1,7-8,13-14,17,20-29H2,2-5H3,(H,52,60)(H,53,57)(H,54,59)/t30-,33+,35+,36+,39-,40+,42-,50+/m0/s1. The number of nitrogens with one attached hydrogen (secondary N) is 3. The summed E-state index contributed by atoms with van der Waals surface area (Å²) < 4.78 is 47.4. The number of rotatable bonds is 12. The van der Waals surface area contributed by atoms with Gasteiger partial charge < -0.3 is 34.6 Å². The van der Waals surface area contributed by atoms with E-state index in [0.29, 0.717) is 49.4 Å². The predicted octanol–water partition coefficient (Wildman–Crippen LogP) is 5.55. The second kappa shape index (κ2) is 18.1. The Morgan fingerprint density at radius 3 is 2.42 bits per heavy atom. The highest BCUT2D eigenvalue weighted by Crippen LogP contribution is 2.48. The first kappa shape index (κ1) is 45.9. The molecule has 3 N–H and O–H groups in total. The fourth-order valence-corrected chi connectivity index (χ4v) is 11.7. The van der Waals surface area contributed by atoms with E-state index in [2.05, 4.69) is 33.8 Å². The average Bonchev–Trinajstić information content (AvgIpc) is 4.24. The van der Waals surface area contributed by atoms with Crippen LogP contribution in [0.4, 0.5) is 4.79 Å². The van der Waals surface area contributed by atoms with Crippen LogP contribution in [0.3, 0.4) is 0 Å². The average molecular weight is 925 g/mol. The number of pyridine rings is 1. The number of hydrogen-bond donors (Lipinski definition) is 3. The quantitative estimate of drug-likeness (QED) is 0.153. The number of alkyl carbamates (subject to hydrolysis) is 1. The number of carbonyl (C=O) groups excluding carboxylic acids is 4. The number of para-hydroxylation sites is 1. The maximum atomic E-state index is 15.4. The lowest BCUT2D eigenvalue weighted by Crippen LogP contribution is -2.59. The van der Waals surface area contributed by atoms with E-state index < -0.39 is 68.2 Å². The second-order valence-corrected chi connectivity index (χ2v) is 22.4. The first-order valence-electron chi connectivity index (χ1n) is 23.8. The van der Waals surface area contributed by atoms with Gasteiger partial charge in [0.1, 0.15) is 35.6 Å². The van der Waals surface area contributed by atoms with E-state index in [-0.39, 0.29) is 43.2 Å². The second-order valence-electron chi connectivity index (χ2n) is 20.2. The Morgan fingerprint density at radius 1 is 1.02 bits per heavy atom. The Bertz CT molecular complexity index is 2490. The molecule has 4 aliphatic carbocycles. The molecular weight excluding hydrogens is 861 g/mol. The van der Waals surface area contributed by atoms with E-state index in [1.165, 1.54) is 11.0 Å². The molecule has 0 spiro atoms. The number of amides is 4. The molecule has 0 radical (unpaired) electrons. The van der Waals surface area contributed by atoms with Crippen molar-refractivity contribution in [2.45, 2.75) is 131 Å². The Balaban J connectivity index is 1.08. The van der Waals surface area contributed by atoms with Gasteiger partial charge >= 0.3 is 6.09 Å². The minimum atomic E-state index is -4.03. The lowest BCUT2D eigenvalue weighted by molar-refractivity contribution is -0.142. The van der Waals surface area contributed by atoms with Gasteiger partial charge in [0.2, 0.25) is 27.7 Å². The van der Waals surface area contributed by atoms with Crippen molar-refractivity contribution in [3.05, 3.63) is 77.9 Å². The van der Waals surface area contributed by atoms with Gasteiger partial charge in [-0.05, 0) is 120 Å². The molecule has 3 saturated carbocycles. The lowest BCUT2D eigenvalue weighted by Gasteiger charge is -2.32. The van der Waals surface area contributed by atoms with E-state index in [1.807, 2.05) is 62.6 Å². The Morgan fingerprint density at radius 2 is 1.73 bits per heavy atom. The molecule has 354 valence electrons. The van der Waals surface area contributed by atoms with Gasteiger partial charge in [-0.3, -0.25) is 19.1 Å². The number of nitrogens with zero attached hydrogens (tertiary/aromatic N) is 3. The number of sulfonamides is 1. The first-order valence-corrected chi connectivity index (χ1v) is 25.3. The van der Waals surface area contributed by atoms with E-state index in [0.717, 1.165) is 67.1 Å². The summed E-state index contributed by atoms with van der Waals surface area (Å²) in [5.41, 5.74) is 2.09. The third-order valence-corrected chi connectivity index (χ3v) is 17.2. The molecule has 4 fully saturated rings. The van der Waals surface area contributed by atoms with Crippen molar-refractivity contribution in [1.82, 2.24) is 30.1 Å². The topological polar surface area (TPSA) is 186 Å². The predicted molar refractivity (Wildman–Crippen MR) is 248 cm³/mol. The Labute approximate surface area is 387 Å². The fourth-order valence-electron chi connectivity index (χ4n) is 10.4. The third kappa shape index (κ3) is 9.23. The number of aromatic nitrogens is 1. The van der Waals surface area contributed by atoms with E-state index in [4.69, 9.17) is 19.2 Å². The zero-order valence-corrected chi connectivity index (χ0v) is 39.4. The van der Waals surface area contributed by atoms with Crippen molar-refractivity contribution < 1.29 is 41.8 Å². The van der Waals surface area contributed by atoms with Crippen LogP contribution in [0.25, 0.3) is 10.9 Å². The molecule has 66 heavy (non-hydrogen) atoms. The van der Waals surface area contributed by atoms with Gasteiger partial charge in [0.05, 0.1) is 29.0 Å². The smallest absolute Gasteiger partial charge is 0.408 e. The molecule has 3 heterocycles. The summed E-state index contributed by atoms with van der Waals surface area (Å²) in [6, 6.07) is 13.6. The summed E-state index contributed by atoms with van der Waals surface area (Å²) in [6.07, 6.45) is 7.08. The Hall–Kier alpha value is -5.22. The van der Waals surface area contributed by atoms with Gasteiger partial charge in [0, 0.05) is 24.3 Å². The largest absolute Gasteiger partial charge is 0.492 e. The van der Waals surface area contributed by atoms with Crippen LogP contribution in [0.1, 0.15) is 101 Å². The van der Waals surface area contributed by atoms with E-state index in [9.17, 15) is 22.8 Å². The molecule has 2 aromatic carbocycles. The van der Waals surface area contributed by atoms with Crippen LogP contribution in [0, 0.1) is 17.8 Å². The maximum Gasteiger partial charge on any atom is 0.408 e. The number of carbonyl (C=O) groups is 4. The molecule has 2 bridgehead atoms. The summed E-state index contributed by atoms with van der Waals surface area (Å²) in [4.78, 5) is 66.7. The van der Waals surface area contributed by atoms with Crippen LogP contribution in [-0.2, 0) is 42.0 Å². The number of ether oxygens (including phenoxy) is 3. The molecular formula is C50H64N6O9S. The molecule has 3 aromatic rings. The van der Waals surface area contributed by atoms with Crippen LogP contribution in [0.2, 0.25) is 0 Å². The molecule has 8 atom stereocenters. The van der Waals surface area contributed by atoms with Gasteiger partial charge in [-0.1, -0.05) is 62.2 Å². The molecule has 4 amide bonds. The summed E-state index contributed by atoms with van der Waals surface area (Å²) >= 11 is 0. The maximum absolute atomic E-state index is 15.4. The summed E-state index contributed by atoms with van der Waals surface area (Å²) in [5.74, 6) is -1.57. The van der Waals surface area contributed by atoms with Gasteiger partial charge in [0.25, 0.3) is 5.91 Å². The first-order chi connectivity index (χ1) is 31.6. The third-order valence-electron chi connectivity index (χ3n) is 15.0. The number of hydrogen-bond acceptors (Lipinski definition) is 11. The molecule has 2 aliphatic heterocycles. The van der Waals surface area contributed by atoms with Crippen molar-refractivity contribution in [3.8, 4) is 11.6 Å². The van der Waals surface area contributed by atoms with E-state index >= 15 is 4.79 Å². The fraction of sp³-hybridized carbons (Fsp3) is 0.580. The highest BCUT2D eigenvalue weighted by Gasteiger charge is 2.63.